The standard InChI is InChI=1S/C19H30FN3O/c1-15(2)14-22-10-12-23(13-11-22)16(3)19(24)21-9-8-17-4-6-18(20)7-5-17/h4-7,15-16H,8-14H2,1-3H3,(H,21,24). The molecular weight excluding hydrogens is 305 g/mol. The van der Waals surface area contributed by atoms with E-state index in [9.17, 15) is 9.18 Å². The summed E-state index contributed by atoms with van der Waals surface area (Å²) >= 11 is 0. The van der Waals surface area contributed by atoms with Crippen LogP contribution < -0.4 is 5.32 Å². The van der Waals surface area contributed by atoms with E-state index in [1.807, 2.05) is 6.92 Å². The molecule has 0 saturated carbocycles. The van der Waals surface area contributed by atoms with Crippen molar-refractivity contribution in [3.05, 3.63) is 35.6 Å². The molecule has 1 saturated heterocycles. The summed E-state index contributed by atoms with van der Waals surface area (Å²) in [5.41, 5.74) is 1.03. The zero-order valence-electron chi connectivity index (χ0n) is 15.1. The van der Waals surface area contributed by atoms with E-state index in [4.69, 9.17) is 0 Å². The van der Waals surface area contributed by atoms with Crippen LogP contribution in [0.15, 0.2) is 24.3 Å². The number of carbonyl (C=O) groups excluding carboxylic acids is 1. The van der Waals surface area contributed by atoms with Gasteiger partial charge in [-0.3, -0.25) is 9.69 Å². The van der Waals surface area contributed by atoms with Crippen LogP contribution in [-0.4, -0.2) is 61.0 Å². The molecule has 1 aromatic carbocycles. The molecule has 1 aromatic rings. The van der Waals surface area contributed by atoms with Gasteiger partial charge in [-0.05, 0) is 37.0 Å². The second-order valence-corrected chi connectivity index (χ2v) is 7.07. The van der Waals surface area contributed by atoms with Crippen molar-refractivity contribution in [1.29, 1.82) is 0 Å². The van der Waals surface area contributed by atoms with Crippen LogP contribution in [0.1, 0.15) is 26.3 Å². The van der Waals surface area contributed by atoms with Gasteiger partial charge >= 0.3 is 0 Å². The molecular formula is C19H30FN3O. The highest BCUT2D eigenvalue weighted by Gasteiger charge is 2.25. The molecule has 1 fully saturated rings. The number of nitrogens with one attached hydrogen (secondary N) is 1. The minimum absolute atomic E-state index is 0.0782. The van der Waals surface area contributed by atoms with E-state index >= 15 is 0 Å². The Labute approximate surface area is 145 Å². The van der Waals surface area contributed by atoms with Gasteiger partial charge in [-0.25, -0.2) is 4.39 Å². The number of halogens is 1. The van der Waals surface area contributed by atoms with Gasteiger partial charge in [-0.1, -0.05) is 26.0 Å². The lowest BCUT2D eigenvalue weighted by Crippen LogP contribution is -2.54. The van der Waals surface area contributed by atoms with E-state index in [2.05, 4.69) is 29.0 Å². The van der Waals surface area contributed by atoms with Crippen LogP contribution >= 0.6 is 0 Å². The average Bonchev–Trinajstić information content (AvgIpc) is 2.56. The Hall–Kier alpha value is -1.46. The van der Waals surface area contributed by atoms with Gasteiger partial charge in [-0.2, -0.15) is 0 Å². The maximum Gasteiger partial charge on any atom is 0.237 e. The first kappa shape index (κ1) is 18.9. The van der Waals surface area contributed by atoms with Gasteiger partial charge in [0.2, 0.25) is 5.91 Å². The van der Waals surface area contributed by atoms with Crippen LogP contribution in [-0.2, 0) is 11.2 Å². The number of benzene rings is 1. The van der Waals surface area contributed by atoms with Gasteiger partial charge < -0.3 is 10.2 Å². The van der Waals surface area contributed by atoms with Gasteiger partial charge in [0.1, 0.15) is 5.82 Å². The molecule has 1 aliphatic rings. The number of piperazine rings is 1. The van der Waals surface area contributed by atoms with E-state index in [-0.39, 0.29) is 17.8 Å². The highest BCUT2D eigenvalue weighted by molar-refractivity contribution is 5.81. The highest BCUT2D eigenvalue weighted by Crippen LogP contribution is 2.09. The molecule has 0 aliphatic carbocycles. The van der Waals surface area contributed by atoms with Crippen molar-refractivity contribution in [3.8, 4) is 0 Å². The van der Waals surface area contributed by atoms with Crippen molar-refractivity contribution in [2.24, 2.45) is 5.92 Å². The molecule has 4 nitrogen and oxygen atoms in total. The van der Waals surface area contributed by atoms with Gasteiger partial charge in [0, 0.05) is 39.3 Å². The zero-order valence-corrected chi connectivity index (χ0v) is 15.1. The number of amides is 1. The SMILES string of the molecule is CC(C)CN1CCN(C(C)C(=O)NCCc2ccc(F)cc2)CC1. The fourth-order valence-electron chi connectivity index (χ4n) is 3.14. The summed E-state index contributed by atoms with van der Waals surface area (Å²) in [6.45, 7) is 12.1. The van der Waals surface area contributed by atoms with Crippen molar-refractivity contribution in [2.75, 3.05) is 39.3 Å². The lowest BCUT2D eigenvalue weighted by Gasteiger charge is -2.38. The second-order valence-electron chi connectivity index (χ2n) is 7.07. The van der Waals surface area contributed by atoms with E-state index < -0.39 is 0 Å². The normalized spacial score (nSPS) is 17.9. The van der Waals surface area contributed by atoms with Crippen molar-refractivity contribution < 1.29 is 9.18 Å². The molecule has 0 bridgehead atoms. The summed E-state index contributed by atoms with van der Waals surface area (Å²) in [5.74, 6) is 0.533. The largest absolute Gasteiger partial charge is 0.354 e. The Morgan fingerprint density at radius 2 is 1.75 bits per heavy atom. The molecule has 1 N–H and O–H groups in total. The summed E-state index contributed by atoms with van der Waals surface area (Å²) in [6, 6.07) is 6.34. The summed E-state index contributed by atoms with van der Waals surface area (Å²) in [6.07, 6.45) is 0.723. The molecule has 1 amide bonds. The minimum atomic E-state index is -0.229. The third-order valence-electron chi connectivity index (χ3n) is 4.58. The molecule has 1 heterocycles. The van der Waals surface area contributed by atoms with Crippen molar-refractivity contribution in [1.82, 2.24) is 15.1 Å². The van der Waals surface area contributed by atoms with Gasteiger partial charge in [0.25, 0.3) is 0 Å². The molecule has 24 heavy (non-hydrogen) atoms. The van der Waals surface area contributed by atoms with E-state index in [0.29, 0.717) is 12.5 Å². The lowest BCUT2D eigenvalue weighted by molar-refractivity contribution is -0.126. The molecule has 0 radical (unpaired) electrons. The van der Waals surface area contributed by atoms with Gasteiger partial charge in [0.05, 0.1) is 6.04 Å². The summed E-state index contributed by atoms with van der Waals surface area (Å²) in [7, 11) is 0. The first-order chi connectivity index (χ1) is 11.5. The van der Waals surface area contributed by atoms with Crippen molar-refractivity contribution >= 4 is 5.91 Å². The smallest absolute Gasteiger partial charge is 0.237 e. The highest BCUT2D eigenvalue weighted by atomic mass is 19.1. The van der Waals surface area contributed by atoms with Crippen LogP contribution in [0.25, 0.3) is 0 Å². The zero-order chi connectivity index (χ0) is 17.5. The maximum absolute atomic E-state index is 12.9. The second kappa shape index (κ2) is 9.14. The molecule has 1 atom stereocenters. The Morgan fingerprint density at radius 3 is 2.33 bits per heavy atom. The lowest BCUT2D eigenvalue weighted by atomic mass is 10.1. The third-order valence-corrected chi connectivity index (χ3v) is 4.58. The Balaban J connectivity index is 1.69. The van der Waals surface area contributed by atoms with E-state index in [0.717, 1.165) is 44.7 Å². The maximum atomic E-state index is 12.9. The molecule has 1 aliphatic heterocycles. The predicted molar refractivity (Wildman–Crippen MR) is 95.4 cm³/mol. The number of rotatable bonds is 7. The molecule has 0 aromatic heterocycles. The fraction of sp³-hybridized carbons (Fsp3) is 0.632. The van der Waals surface area contributed by atoms with Crippen LogP contribution in [0.4, 0.5) is 4.39 Å². The first-order valence-electron chi connectivity index (χ1n) is 8.94. The molecule has 5 heteroatoms. The predicted octanol–water partition coefficient (Wildman–Crippen LogP) is 2.15. The Bertz CT molecular complexity index is 510. The summed E-state index contributed by atoms with van der Waals surface area (Å²) < 4.78 is 12.9. The quantitative estimate of drug-likeness (QED) is 0.829. The van der Waals surface area contributed by atoms with E-state index in [1.165, 1.54) is 12.1 Å². The molecule has 0 spiro atoms. The van der Waals surface area contributed by atoms with Gasteiger partial charge in [0.15, 0.2) is 0 Å². The molecule has 1 unspecified atom stereocenters. The minimum Gasteiger partial charge on any atom is -0.354 e. The third kappa shape index (κ3) is 5.87. The Morgan fingerprint density at radius 1 is 1.12 bits per heavy atom. The number of hydrogen-bond donors (Lipinski definition) is 1. The number of hydrogen-bond acceptors (Lipinski definition) is 3. The van der Waals surface area contributed by atoms with E-state index in [1.54, 1.807) is 12.1 Å². The van der Waals surface area contributed by atoms with Crippen molar-refractivity contribution in [2.45, 2.75) is 33.2 Å². The fourth-order valence-corrected chi connectivity index (χ4v) is 3.14. The topological polar surface area (TPSA) is 35.6 Å². The summed E-state index contributed by atoms with van der Waals surface area (Å²) in [5, 5.41) is 3.00. The molecule has 134 valence electrons. The summed E-state index contributed by atoms with van der Waals surface area (Å²) in [4.78, 5) is 17.0. The first-order valence-corrected chi connectivity index (χ1v) is 8.94. The monoisotopic (exact) mass is 335 g/mol. The van der Waals surface area contributed by atoms with Crippen LogP contribution in [0.2, 0.25) is 0 Å². The number of carbonyl (C=O) groups is 1. The van der Waals surface area contributed by atoms with Crippen LogP contribution in [0.5, 0.6) is 0 Å². The van der Waals surface area contributed by atoms with Crippen molar-refractivity contribution in [3.63, 3.8) is 0 Å². The van der Waals surface area contributed by atoms with Crippen LogP contribution in [0, 0.1) is 11.7 Å². The van der Waals surface area contributed by atoms with Gasteiger partial charge in [-0.15, -0.1) is 0 Å². The van der Waals surface area contributed by atoms with Crippen LogP contribution in [0.3, 0.4) is 0 Å². The average molecular weight is 335 g/mol. The molecule has 2 rings (SSSR count). The Kier molecular flexibility index (Phi) is 7.18. The number of nitrogens with zero attached hydrogens (tertiary/aromatic N) is 2.